The van der Waals surface area contributed by atoms with Gasteiger partial charge in [0.25, 0.3) is 0 Å². The van der Waals surface area contributed by atoms with Gasteiger partial charge in [-0.15, -0.1) is 0 Å². The molecular weight excluding hydrogens is 291 g/mol. The standard InChI is InChI=1S/Ba.GeH4.H2O.Zn.H/h;1H4;1H2;;/q+1;;;;/p-1. The van der Waals surface area contributed by atoms with E-state index in [0.29, 0.717) is 0 Å². The summed E-state index contributed by atoms with van der Waals surface area (Å²) in [4.78, 5) is 0. The van der Waals surface area contributed by atoms with E-state index in [-0.39, 0.29) is 91.4 Å². The Morgan fingerprint density at radius 3 is 1.00 bits per heavy atom. The second-order valence-corrected chi connectivity index (χ2v) is 0. The summed E-state index contributed by atoms with van der Waals surface area (Å²) in [6.45, 7) is 0. The predicted octanol–water partition coefficient (Wildman–Crippen LogP) is -2.28. The van der Waals surface area contributed by atoms with Crippen LogP contribution in [0.25, 0.3) is 0 Å². The SMILES string of the molecule is [BaH+].[GeH4].[OH-].[Zn]. The van der Waals surface area contributed by atoms with Crippen molar-refractivity contribution in [3.8, 4) is 0 Å². The largest absolute Gasteiger partial charge is 0.870 e. The summed E-state index contributed by atoms with van der Waals surface area (Å²) in [6.07, 6.45) is 0. The van der Waals surface area contributed by atoms with Gasteiger partial charge in [0.2, 0.25) is 0 Å². The van der Waals surface area contributed by atoms with E-state index in [2.05, 4.69) is 0 Å². The van der Waals surface area contributed by atoms with Crippen molar-refractivity contribution in [2.24, 2.45) is 0 Å². The summed E-state index contributed by atoms with van der Waals surface area (Å²) in [7, 11) is 0. The monoisotopic (exact) mass is 298 g/mol. The molecule has 0 atom stereocenters. The maximum absolute atomic E-state index is 0. The third kappa shape index (κ3) is 8.83. The smallest absolute Gasteiger partial charge is 0 e. The van der Waals surface area contributed by atoms with Crippen LogP contribution in [0.2, 0.25) is 0 Å². The van der Waals surface area contributed by atoms with Crippen LogP contribution in [0.15, 0.2) is 0 Å². The third-order valence-electron chi connectivity index (χ3n) is 0. The molecule has 0 saturated heterocycles. The van der Waals surface area contributed by atoms with Crippen LogP contribution in [0.1, 0.15) is 0 Å². The van der Waals surface area contributed by atoms with Crippen molar-refractivity contribution in [1.82, 2.24) is 0 Å². The molecule has 0 heterocycles. The van der Waals surface area contributed by atoms with Crippen LogP contribution in [0.3, 0.4) is 0 Å². The van der Waals surface area contributed by atoms with E-state index in [1.807, 2.05) is 0 Å². The fourth-order valence-electron chi connectivity index (χ4n) is 0. The molecule has 0 bridgehead atoms. The molecule has 20 valence electrons. The van der Waals surface area contributed by atoms with Crippen LogP contribution >= 0.6 is 0 Å². The second kappa shape index (κ2) is 17.3. The van der Waals surface area contributed by atoms with Gasteiger partial charge in [0, 0.05) is 19.5 Å². The molecule has 0 aromatic heterocycles. The van der Waals surface area contributed by atoms with Crippen LogP contribution in [0.5, 0.6) is 0 Å². The normalized spacial score (nSPS) is 0. The van der Waals surface area contributed by atoms with E-state index in [0.717, 1.165) is 0 Å². The van der Waals surface area contributed by atoms with Gasteiger partial charge in [-0.2, -0.15) is 0 Å². The van der Waals surface area contributed by atoms with Crippen LogP contribution in [0.4, 0.5) is 0 Å². The van der Waals surface area contributed by atoms with Crippen LogP contribution in [-0.2, 0) is 19.5 Å². The molecule has 0 radical (unpaired) electrons. The van der Waals surface area contributed by atoms with E-state index >= 15 is 0 Å². The van der Waals surface area contributed by atoms with Crippen molar-refractivity contribution in [2.45, 2.75) is 0 Å². The molecule has 4 heteroatoms. The first-order valence-electron chi connectivity index (χ1n) is 0. The minimum Gasteiger partial charge on any atom is -0.870 e. The molecule has 0 rings (SSSR count). The zero-order valence-electron chi connectivity index (χ0n) is 2.15. The molecule has 4 heavy (non-hydrogen) atoms. The maximum atomic E-state index is 0. The van der Waals surface area contributed by atoms with Gasteiger partial charge in [-0.25, -0.2) is 0 Å². The van der Waals surface area contributed by atoms with Gasteiger partial charge in [-0.05, 0) is 0 Å². The van der Waals surface area contributed by atoms with Gasteiger partial charge in [0.05, 0.1) is 0 Å². The Labute approximate surface area is 89.4 Å². The molecule has 0 aromatic rings. The summed E-state index contributed by atoms with van der Waals surface area (Å²) in [5, 5.41) is 0. The molecule has 0 aliphatic rings. The number of hydrogen-bond acceptors (Lipinski definition) is 1. The zero-order chi connectivity index (χ0) is 0. The molecule has 0 aliphatic carbocycles. The van der Waals surface area contributed by atoms with E-state index < -0.39 is 0 Å². The Balaban J connectivity index is 0. The molecule has 0 saturated carbocycles. The van der Waals surface area contributed by atoms with Crippen LogP contribution in [0, 0.1) is 0 Å². The van der Waals surface area contributed by atoms with E-state index in [4.69, 9.17) is 0 Å². The first-order valence-corrected chi connectivity index (χ1v) is 0. The van der Waals surface area contributed by atoms with E-state index in [1.165, 1.54) is 0 Å². The quantitative estimate of drug-likeness (QED) is 0.463. The third-order valence-corrected chi connectivity index (χ3v) is 0. The molecule has 0 unspecified atom stereocenters. The summed E-state index contributed by atoms with van der Waals surface area (Å²) >= 11 is 0. The molecule has 1 nitrogen and oxygen atoms in total. The van der Waals surface area contributed by atoms with Crippen molar-refractivity contribution >= 4 is 66.5 Å². The van der Waals surface area contributed by atoms with Crippen molar-refractivity contribution in [3.63, 3.8) is 0 Å². The summed E-state index contributed by atoms with van der Waals surface area (Å²) in [5.74, 6) is 0. The summed E-state index contributed by atoms with van der Waals surface area (Å²) < 4.78 is 0. The average Bonchev–Trinajstić information content (AvgIpc) is 0. The van der Waals surface area contributed by atoms with Gasteiger partial charge in [0.1, 0.15) is 0 Å². The zero-order valence-corrected chi connectivity index (χ0v) is 11.4. The second-order valence-electron chi connectivity index (χ2n) is 0. The topological polar surface area (TPSA) is 30.0 Å². The Kier molecular flexibility index (Phi) is 129. The first-order chi connectivity index (χ1) is 0. The van der Waals surface area contributed by atoms with Crippen LogP contribution < -0.4 is 0 Å². The van der Waals surface area contributed by atoms with Gasteiger partial charge in [-0.3, -0.25) is 0 Å². The van der Waals surface area contributed by atoms with Crippen molar-refractivity contribution in [3.05, 3.63) is 0 Å². The Morgan fingerprint density at radius 2 is 1.00 bits per heavy atom. The Bertz CT molecular complexity index is 8.00. The molecule has 0 spiro atoms. The number of rotatable bonds is 0. The van der Waals surface area contributed by atoms with E-state index in [1.54, 1.807) is 0 Å². The molecule has 0 amide bonds. The molecule has 0 aliphatic heterocycles. The molecule has 1 N–H and O–H groups in total. The predicted molar refractivity (Wildman–Crippen MR) is 20.4 cm³/mol. The minimum absolute atomic E-state index is 0. The van der Waals surface area contributed by atoms with Gasteiger partial charge < -0.3 is 5.48 Å². The Hall–Kier alpha value is 2.70. The Morgan fingerprint density at radius 1 is 1.00 bits per heavy atom. The van der Waals surface area contributed by atoms with Gasteiger partial charge in [0.15, 0.2) is 0 Å². The van der Waals surface area contributed by atoms with E-state index in [9.17, 15) is 0 Å². The van der Waals surface area contributed by atoms with Crippen molar-refractivity contribution in [2.75, 3.05) is 0 Å². The average molecular weight is 297 g/mol. The number of hydrogen-bond donors (Lipinski definition) is 0. The maximum Gasteiger partial charge on any atom is 0 e. The van der Waals surface area contributed by atoms with Gasteiger partial charge >= 0.3 is 66.5 Å². The van der Waals surface area contributed by atoms with Crippen LogP contribution in [-0.4, -0.2) is 72.0 Å². The molecule has 0 aromatic carbocycles. The summed E-state index contributed by atoms with van der Waals surface area (Å²) in [6, 6.07) is 0. The first kappa shape index (κ1) is 29.9. The molecular formula is H6BaGeOZn. The fraction of sp³-hybridized carbons (Fsp3) is 0. The summed E-state index contributed by atoms with van der Waals surface area (Å²) in [5.41, 5.74) is 0. The minimum atomic E-state index is 0. The molecule has 0 fully saturated rings. The van der Waals surface area contributed by atoms with Crippen molar-refractivity contribution in [1.29, 1.82) is 0 Å². The van der Waals surface area contributed by atoms with Gasteiger partial charge in [-0.1, -0.05) is 0 Å². The van der Waals surface area contributed by atoms with Crippen molar-refractivity contribution < 1.29 is 25.0 Å². The fourth-order valence-corrected chi connectivity index (χ4v) is 0.